The van der Waals surface area contributed by atoms with Gasteiger partial charge in [-0.05, 0) is 42.8 Å². The molecule has 0 bridgehead atoms. The predicted octanol–water partition coefficient (Wildman–Crippen LogP) is 2.99. The molecule has 2 aromatic rings. The van der Waals surface area contributed by atoms with Crippen molar-refractivity contribution in [1.29, 1.82) is 0 Å². The maximum atomic E-state index is 12.6. The highest BCUT2D eigenvalue weighted by Gasteiger charge is 2.23. The molecule has 0 radical (unpaired) electrons. The lowest BCUT2D eigenvalue weighted by Crippen LogP contribution is -2.38. The third-order valence-corrected chi connectivity index (χ3v) is 5.02. The molecule has 0 saturated carbocycles. The number of hydrogen-bond acceptors (Lipinski definition) is 5. The summed E-state index contributed by atoms with van der Waals surface area (Å²) in [5.41, 5.74) is 2.01. The van der Waals surface area contributed by atoms with Crippen molar-refractivity contribution < 1.29 is 14.3 Å². The van der Waals surface area contributed by atoms with Crippen molar-refractivity contribution >= 4 is 35.1 Å². The molecule has 3 rings (SSSR count). The Balaban J connectivity index is 1.59. The fourth-order valence-electron chi connectivity index (χ4n) is 2.68. The van der Waals surface area contributed by atoms with Crippen molar-refractivity contribution in [3.63, 3.8) is 0 Å². The average molecular weight is 386 g/mol. The van der Waals surface area contributed by atoms with Gasteiger partial charge in [0.1, 0.15) is 5.03 Å². The minimum atomic E-state index is -0.207. The van der Waals surface area contributed by atoms with Crippen LogP contribution < -0.4 is 15.5 Å². The second kappa shape index (κ2) is 9.38. The van der Waals surface area contributed by atoms with Crippen molar-refractivity contribution in [2.75, 3.05) is 42.8 Å². The quantitative estimate of drug-likeness (QED) is 0.746. The standard InChI is InChI=1S/C19H22N4O3S/c1-26-12-3-10-20-17(24)14-5-7-15(8-6-14)22-19(25)23-11-13-27-18-16(23)4-2-9-21-18/h2,4-9H,3,10-13H2,1H3,(H,20,24)(H,22,25). The van der Waals surface area contributed by atoms with Crippen LogP contribution in [-0.2, 0) is 4.74 Å². The highest BCUT2D eigenvalue weighted by Crippen LogP contribution is 2.32. The Bertz CT molecular complexity index is 798. The summed E-state index contributed by atoms with van der Waals surface area (Å²) in [5.74, 6) is 0.664. The smallest absolute Gasteiger partial charge is 0.326 e. The summed E-state index contributed by atoms with van der Waals surface area (Å²) >= 11 is 1.65. The molecule has 1 aromatic carbocycles. The molecule has 2 heterocycles. The largest absolute Gasteiger partial charge is 0.385 e. The van der Waals surface area contributed by atoms with Gasteiger partial charge in [0, 0.05) is 50.0 Å². The summed E-state index contributed by atoms with van der Waals surface area (Å²) in [7, 11) is 1.63. The van der Waals surface area contributed by atoms with Gasteiger partial charge in [-0.1, -0.05) is 0 Å². The van der Waals surface area contributed by atoms with Crippen molar-refractivity contribution in [2.45, 2.75) is 11.4 Å². The zero-order chi connectivity index (χ0) is 19.1. The molecule has 0 aliphatic carbocycles. The van der Waals surface area contributed by atoms with Gasteiger partial charge < -0.3 is 15.4 Å². The molecule has 0 fully saturated rings. The van der Waals surface area contributed by atoms with E-state index in [0.29, 0.717) is 30.9 Å². The van der Waals surface area contributed by atoms with Gasteiger partial charge >= 0.3 is 6.03 Å². The Kier molecular flexibility index (Phi) is 6.67. The Labute approximate surface area is 162 Å². The maximum absolute atomic E-state index is 12.6. The number of amides is 3. The lowest BCUT2D eigenvalue weighted by Gasteiger charge is -2.28. The van der Waals surface area contributed by atoms with E-state index in [2.05, 4.69) is 15.6 Å². The minimum Gasteiger partial charge on any atom is -0.385 e. The van der Waals surface area contributed by atoms with E-state index in [9.17, 15) is 9.59 Å². The van der Waals surface area contributed by atoms with Crippen LogP contribution in [0.4, 0.5) is 16.2 Å². The highest BCUT2D eigenvalue weighted by atomic mass is 32.2. The molecule has 27 heavy (non-hydrogen) atoms. The normalized spacial score (nSPS) is 13.0. The first kappa shape index (κ1) is 19.2. The number of nitrogens with zero attached hydrogens (tertiary/aromatic N) is 2. The van der Waals surface area contributed by atoms with E-state index in [1.807, 2.05) is 12.1 Å². The van der Waals surface area contributed by atoms with Crippen molar-refractivity contribution in [2.24, 2.45) is 0 Å². The molecule has 7 nitrogen and oxygen atoms in total. The fourth-order valence-corrected chi connectivity index (χ4v) is 3.61. The number of fused-ring (bicyclic) bond motifs is 1. The molecule has 0 spiro atoms. The summed E-state index contributed by atoms with van der Waals surface area (Å²) < 4.78 is 4.95. The maximum Gasteiger partial charge on any atom is 0.326 e. The van der Waals surface area contributed by atoms with Crippen molar-refractivity contribution in [3.05, 3.63) is 48.2 Å². The van der Waals surface area contributed by atoms with Gasteiger partial charge in [-0.3, -0.25) is 9.69 Å². The number of carbonyl (C=O) groups excluding carboxylic acids is 2. The van der Waals surface area contributed by atoms with Crippen LogP contribution in [0.15, 0.2) is 47.6 Å². The van der Waals surface area contributed by atoms with Gasteiger partial charge in [0.15, 0.2) is 0 Å². The Morgan fingerprint density at radius 2 is 2.07 bits per heavy atom. The summed E-state index contributed by atoms with van der Waals surface area (Å²) in [6, 6.07) is 10.4. The van der Waals surface area contributed by atoms with E-state index in [4.69, 9.17) is 4.74 Å². The Morgan fingerprint density at radius 1 is 1.26 bits per heavy atom. The SMILES string of the molecule is COCCCNC(=O)c1ccc(NC(=O)N2CCSc3ncccc32)cc1. The summed E-state index contributed by atoms with van der Waals surface area (Å²) in [4.78, 5) is 30.7. The molecule has 1 aliphatic heterocycles. The summed E-state index contributed by atoms with van der Waals surface area (Å²) in [6.45, 7) is 1.79. The van der Waals surface area contributed by atoms with Crippen LogP contribution >= 0.6 is 11.8 Å². The van der Waals surface area contributed by atoms with E-state index in [1.165, 1.54) is 0 Å². The zero-order valence-electron chi connectivity index (χ0n) is 15.1. The molecule has 2 N–H and O–H groups in total. The third-order valence-electron chi connectivity index (χ3n) is 4.05. The number of ether oxygens (including phenoxy) is 1. The molecule has 0 saturated heterocycles. The van der Waals surface area contributed by atoms with Gasteiger partial charge in [0.2, 0.25) is 0 Å². The number of carbonyl (C=O) groups is 2. The second-order valence-corrected chi connectivity index (χ2v) is 7.02. The number of nitrogens with one attached hydrogen (secondary N) is 2. The first-order chi connectivity index (χ1) is 13.2. The number of pyridine rings is 1. The number of thioether (sulfide) groups is 1. The number of rotatable bonds is 6. The molecule has 0 atom stereocenters. The molecule has 1 aromatic heterocycles. The van der Waals surface area contributed by atoms with Gasteiger partial charge in [-0.2, -0.15) is 0 Å². The van der Waals surface area contributed by atoms with Crippen LogP contribution in [0.2, 0.25) is 0 Å². The third kappa shape index (κ3) is 4.99. The van der Waals surface area contributed by atoms with Crippen LogP contribution in [0.1, 0.15) is 16.8 Å². The van der Waals surface area contributed by atoms with E-state index in [0.717, 1.165) is 22.9 Å². The summed E-state index contributed by atoms with van der Waals surface area (Å²) in [6.07, 6.45) is 2.49. The number of aromatic nitrogens is 1. The molecule has 0 unspecified atom stereocenters. The summed E-state index contributed by atoms with van der Waals surface area (Å²) in [5, 5.41) is 6.57. The zero-order valence-corrected chi connectivity index (χ0v) is 15.9. The van der Waals surface area contributed by atoms with E-state index in [1.54, 1.807) is 54.2 Å². The molecular formula is C19H22N4O3S. The number of benzene rings is 1. The van der Waals surface area contributed by atoms with Crippen LogP contribution in [0.3, 0.4) is 0 Å². The van der Waals surface area contributed by atoms with E-state index >= 15 is 0 Å². The number of anilines is 2. The van der Waals surface area contributed by atoms with Crippen LogP contribution in [0.25, 0.3) is 0 Å². The average Bonchev–Trinajstić information content (AvgIpc) is 2.71. The Hall–Kier alpha value is -2.58. The van der Waals surface area contributed by atoms with E-state index in [-0.39, 0.29) is 11.9 Å². The van der Waals surface area contributed by atoms with Crippen LogP contribution in [0, 0.1) is 0 Å². The second-order valence-electron chi connectivity index (χ2n) is 5.94. The van der Waals surface area contributed by atoms with Gasteiger partial charge in [-0.15, -0.1) is 11.8 Å². The molecule has 1 aliphatic rings. The van der Waals surface area contributed by atoms with Gasteiger partial charge in [-0.25, -0.2) is 9.78 Å². The Morgan fingerprint density at radius 3 is 2.85 bits per heavy atom. The van der Waals surface area contributed by atoms with Gasteiger partial charge in [0.25, 0.3) is 5.91 Å². The highest BCUT2D eigenvalue weighted by molar-refractivity contribution is 7.99. The molecular weight excluding hydrogens is 364 g/mol. The lowest BCUT2D eigenvalue weighted by molar-refractivity contribution is 0.0948. The molecule has 3 amide bonds. The molecule has 8 heteroatoms. The first-order valence-electron chi connectivity index (χ1n) is 8.72. The van der Waals surface area contributed by atoms with E-state index < -0.39 is 0 Å². The fraction of sp³-hybridized carbons (Fsp3) is 0.316. The van der Waals surface area contributed by atoms with Crippen molar-refractivity contribution in [3.8, 4) is 0 Å². The minimum absolute atomic E-state index is 0.142. The first-order valence-corrected chi connectivity index (χ1v) is 9.71. The van der Waals surface area contributed by atoms with Crippen molar-refractivity contribution in [1.82, 2.24) is 10.3 Å². The monoisotopic (exact) mass is 386 g/mol. The lowest BCUT2D eigenvalue weighted by atomic mass is 10.2. The number of urea groups is 1. The van der Waals surface area contributed by atoms with Crippen LogP contribution in [-0.4, -0.2) is 49.5 Å². The number of hydrogen-bond donors (Lipinski definition) is 2. The predicted molar refractivity (Wildman–Crippen MR) is 107 cm³/mol. The topological polar surface area (TPSA) is 83.6 Å². The van der Waals surface area contributed by atoms with Crippen LogP contribution in [0.5, 0.6) is 0 Å². The molecule has 142 valence electrons. The number of methoxy groups -OCH3 is 1. The van der Waals surface area contributed by atoms with Gasteiger partial charge in [0.05, 0.1) is 5.69 Å².